The summed E-state index contributed by atoms with van der Waals surface area (Å²) in [6.07, 6.45) is 2.72. The molecule has 105 heavy (non-hydrogen) atoms. The van der Waals surface area contributed by atoms with E-state index in [1.54, 1.807) is 106 Å². The first-order valence-electron chi connectivity index (χ1n) is 35.6. The third-order valence-corrected chi connectivity index (χ3v) is 19.4. The second-order valence-corrected chi connectivity index (χ2v) is 29.2. The van der Waals surface area contributed by atoms with Crippen molar-refractivity contribution >= 4 is 80.7 Å². The van der Waals surface area contributed by atoms with Crippen molar-refractivity contribution in [3.05, 3.63) is 150 Å². The predicted octanol–water partition coefficient (Wildman–Crippen LogP) is 3.60. The van der Waals surface area contributed by atoms with E-state index in [0.717, 1.165) is 21.5 Å². The van der Waals surface area contributed by atoms with Gasteiger partial charge in [0.2, 0.25) is 47.3 Å². The predicted molar refractivity (Wildman–Crippen MR) is 390 cm³/mol. The molecule has 0 radical (unpaired) electrons. The average molecular weight is 1450 g/mol. The van der Waals surface area contributed by atoms with Crippen molar-refractivity contribution in [3.63, 3.8) is 0 Å². The number of ether oxygens (including phenoxy) is 4. The Bertz CT molecular complexity index is 4130. The molecule has 5 aromatic carbocycles. The van der Waals surface area contributed by atoms with Gasteiger partial charge in [-0.3, -0.25) is 43.0 Å². The van der Waals surface area contributed by atoms with E-state index in [0.29, 0.717) is 22.4 Å². The first-order chi connectivity index (χ1) is 50.0. The van der Waals surface area contributed by atoms with Gasteiger partial charge in [-0.2, -0.15) is 0 Å². The molecule has 28 heteroatoms. The first kappa shape index (κ1) is 79.0. The lowest BCUT2D eigenvalue weighted by Gasteiger charge is -2.37. The van der Waals surface area contributed by atoms with Crippen LogP contribution in [-0.2, 0) is 94.6 Å². The van der Waals surface area contributed by atoms with E-state index in [-0.39, 0.29) is 83.7 Å². The molecule has 10 rings (SSSR count). The van der Waals surface area contributed by atoms with Crippen LogP contribution in [0.2, 0.25) is 0 Å². The summed E-state index contributed by atoms with van der Waals surface area (Å²) < 4.78 is 25.7. The SMILES string of the molecule is CN[C@@H](C)C(=O)N[C@H](C(=O)N1CC[C@H]2OCc3cn(nn3)CC[C@@H](C(=O)OC)NC(=O)[C@H](Cc3ccc4ccccc4c3)NC(=O)[C@@H]3[C@@H](CCN3C(=O)[C@@H](NC(=O)[C@H](C)NC)C(C)(C)C)OC/C=C/COc3ccc(cc3)C[C@@H](C(=O)O)NC(=O)[C@H](Cc3ccc4ccccc4c3)NC(=O)[C@H]21)C(C)(C)C. The average Bonchev–Trinajstić information content (AvgIpc) is 1.70. The highest BCUT2D eigenvalue weighted by atomic mass is 16.5. The van der Waals surface area contributed by atoms with Gasteiger partial charge < -0.3 is 76.4 Å². The van der Waals surface area contributed by atoms with Crippen molar-refractivity contribution < 1.29 is 72.0 Å². The number of aryl methyl sites for hydroxylation is 1. The summed E-state index contributed by atoms with van der Waals surface area (Å²) in [6.45, 7) is 13.7. The molecule has 2 saturated heterocycles. The number of amides is 8. The summed E-state index contributed by atoms with van der Waals surface area (Å²) in [6, 6.07) is 21.0. The Balaban J connectivity index is 1.06. The van der Waals surface area contributed by atoms with Crippen LogP contribution in [0.3, 0.4) is 0 Å². The summed E-state index contributed by atoms with van der Waals surface area (Å²) >= 11 is 0. The van der Waals surface area contributed by atoms with E-state index in [1.807, 2.05) is 84.9 Å². The van der Waals surface area contributed by atoms with Gasteiger partial charge in [-0.05, 0) is 114 Å². The molecule has 562 valence electrons. The number of benzene rings is 5. The summed E-state index contributed by atoms with van der Waals surface area (Å²) in [5.74, 6) is -6.95. The van der Waals surface area contributed by atoms with Crippen LogP contribution in [0.5, 0.6) is 5.75 Å². The van der Waals surface area contributed by atoms with Crippen LogP contribution >= 0.6 is 0 Å². The van der Waals surface area contributed by atoms with Crippen LogP contribution in [0.1, 0.15) is 97.0 Å². The molecule has 1 aromatic heterocycles. The van der Waals surface area contributed by atoms with Crippen LogP contribution in [0, 0.1) is 10.8 Å². The number of likely N-dealkylation sites (tertiary alicyclic amines) is 2. The van der Waals surface area contributed by atoms with Gasteiger partial charge in [0.15, 0.2) is 0 Å². The number of esters is 1. The monoisotopic (exact) mass is 1450 g/mol. The number of nitrogens with zero attached hydrogens (tertiary/aromatic N) is 5. The van der Waals surface area contributed by atoms with E-state index < -0.39 is 143 Å². The molecule has 0 unspecified atom stereocenters. The van der Waals surface area contributed by atoms with Gasteiger partial charge in [0, 0.05) is 38.9 Å². The number of carboxylic acid groups (broad SMARTS) is 1. The molecule has 8 amide bonds. The van der Waals surface area contributed by atoms with Crippen LogP contribution in [-0.4, -0.2) is 209 Å². The molecule has 28 nitrogen and oxygen atoms in total. The van der Waals surface area contributed by atoms with Crippen molar-refractivity contribution in [2.75, 3.05) is 47.5 Å². The maximum absolute atomic E-state index is 15.4. The van der Waals surface area contributed by atoms with Gasteiger partial charge >= 0.3 is 11.9 Å². The number of aliphatic carboxylic acids is 1. The molecular weight excluding hydrogens is 1350 g/mol. The van der Waals surface area contributed by atoms with E-state index in [1.165, 1.54) is 27.8 Å². The minimum atomic E-state index is -1.50. The summed E-state index contributed by atoms with van der Waals surface area (Å²) in [5.41, 5.74) is 0.315. The van der Waals surface area contributed by atoms with Crippen LogP contribution in [0.4, 0.5) is 0 Å². The number of carbonyl (C=O) groups excluding carboxylic acids is 9. The summed E-state index contributed by atoms with van der Waals surface area (Å²) in [4.78, 5) is 148. The second-order valence-electron chi connectivity index (χ2n) is 29.2. The Kier molecular flexibility index (Phi) is 26.7. The Morgan fingerprint density at radius 1 is 0.590 bits per heavy atom. The smallest absolute Gasteiger partial charge is 0.328 e. The number of carboxylic acids is 1. The van der Waals surface area contributed by atoms with Gasteiger partial charge in [0.05, 0.1) is 50.8 Å². The fourth-order valence-corrected chi connectivity index (χ4v) is 13.1. The maximum Gasteiger partial charge on any atom is 0.328 e. The van der Waals surface area contributed by atoms with Crippen molar-refractivity contribution in [2.45, 2.75) is 180 Å². The lowest BCUT2D eigenvalue weighted by atomic mass is 9.85. The highest BCUT2D eigenvalue weighted by molar-refractivity contribution is 5.99. The number of likely N-dealkylation sites (N-methyl/N-ethyl adjacent to an activating group) is 2. The van der Waals surface area contributed by atoms with Crippen molar-refractivity contribution in [1.82, 2.24) is 67.3 Å². The quantitative estimate of drug-likeness (QED) is 0.0555. The molecule has 6 aromatic rings. The number of methoxy groups -OCH3 is 1. The van der Waals surface area contributed by atoms with E-state index in [4.69, 9.17) is 18.9 Å². The van der Waals surface area contributed by atoms with Gasteiger partial charge in [-0.1, -0.05) is 150 Å². The zero-order chi connectivity index (χ0) is 75.9. The third-order valence-electron chi connectivity index (χ3n) is 19.4. The van der Waals surface area contributed by atoms with E-state index >= 15 is 24.0 Å². The fourth-order valence-electron chi connectivity index (χ4n) is 13.1. The first-order valence-corrected chi connectivity index (χ1v) is 35.6. The van der Waals surface area contributed by atoms with Crippen LogP contribution < -0.4 is 47.3 Å². The minimum Gasteiger partial charge on any atom is -0.490 e. The minimum absolute atomic E-state index is 0.0296. The highest BCUT2D eigenvalue weighted by Gasteiger charge is 2.50. The molecule has 0 aliphatic carbocycles. The molecule has 0 saturated carbocycles. The molecular formula is C77H99N13O15. The maximum atomic E-state index is 15.4. The summed E-state index contributed by atoms with van der Waals surface area (Å²) in [7, 11) is 4.39. The zero-order valence-electron chi connectivity index (χ0n) is 61.4. The molecule has 4 bridgehead atoms. The van der Waals surface area contributed by atoms with Gasteiger partial charge in [-0.15, -0.1) is 5.10 Å². The largest absolute Gasteiger partial charge is 0.490 e. The Morgan fingerprint density at radius 2 is 1.07 bits per heavy atom. The van der Waals surface area contributed by atoms with Crippen LogP contribution in [0.15, 0.2) is 128 Å². The molecule has 5 heterocycles. The third kappa shape index (κ3) is 20.6. The van der Waals surface area contributed by atoms with E-state index in [9.17, 15) is 29.1 Å². The van der Waals surface area contributed by atoms with Crippen LogP contribution in [0.25, 0.3) is 21.5 Å². The Labute approximate surface area is 611 Å². The Hall–Kier alpha value is -10.2. The van der Waals surface area contributed by atoms with Crippen molar-refractivity contribution in [2.24, 2.45) is 10.8 Å². The summed E-state index contributed by atoms with van der Waals surface area (Å²) in [5, 5.41) is 45.8. The number of hydrogen-bond donors (Lipinski definition) is 9. The van der Waals surface area contributed by atoms with E-state index in [2.05, 4.69) is 52.8 Å². The van der Waals surface area contributed by atoms with Gasteiger partial charge in [-0.25, -0.2) is 9.59 Å². The number of aromatic nitrogens is 3. The highest BCUT2D eigenvalue weighted by Crippen LogP contribution is 2.31. The fraction of sp³-hybridized carbons (Fsp3) is 0.481. The molecule has 4 aliphatic heterocycles. The second kappa shape index (κ2) is 35.5. The molecule has 2 fully saturated rings. The lowest BCUT2D eigenvalue weighted by molar-refractivity contribution is -0.147. The standard InChI is InChI=1S/C77H99N13O15/c1-45(78-9)66(91)84-64(76(3,4)5)72(97)89-34-31-60-62(89)70(95)81-57(41-48-22-26-50-18-12-14-20-52(50)38-48)68(93)80-56(75(101)102-11)30-33-88-43-54(86-87-88)44-105-61-32-35-90(73(98)65(77(6,7)8)85-67(92)46(2)79-10)63(61)71(96)82-58(42-49-23-27-51-19-13-15-21-53(51)39-49)69(94)83-59(74(99)100)40-47-24-28-55(29-25-47)103-36-16-17-37-104-60/h12-29,38-39,43,45-46,56-65,78-79H,30-37,40-42,44H2,1-11H3,(H,80,93)(H,81,95)(H,82,96)(H,83,94)(H,84,91)(H,85,92)(H,99,100)/b17-16+/t45-,46-,56-,57-,58-,59-,60+,61+,62-,63-,64+,65+/m0/s1. The van der Waals surface area contributed by atoms with Crippen molar-refractivity contribution in [1.29, 1.82) is 0 Å². The number of nitrogens with one attached hydrogen (secondary N) is 8. The Morgan fingerprint density at radius 3 is 1.54 bits per heavy atom. The number of rotatable bonds is 14. The number of carbonyl (C=O) groups is 10. The number of hydrogen-bond acceptors (Lipinski definition) is 18. The van der Waals surface area contributed by atoms with Crippen molar-refractivity contribution in [3.8, 4) is 5.75 Å². The molecule has 0 spiro atoms. The normalized spacial score (nSPS) is 22.9. The topological polar surface area (TPSA) is 361 Å². The molecule has 9 N–H and O–H groups in total. The molecule has 4 aliphatic rings. The number of fused-ring (bicyclic) bond motifs is 22. The zero-order valence-corrected chi connectivity index (χ0v) is 61.4. The van der Waals surface area contributed by atoms with Gasteiger partial charge in [0.25, 0.3) is 0 Å². The lowest BCUT2D eigenvalue weighted by Crippen LogP contribution is -2.62. The molecule has 12 atom stereocenters. The van der Waals surface area contributed by atoms with Gasteiger partial charge in [0.1, 0.15) is 66.4 Å².